The number of nitrogens with one attached hydrogen (secondary N) is 1. The van der Waals surface area contributed by atoms with E-state index in [9.17, 15) is 13.2 Å². The first kappa shape index (κ1) is 21.9. The van der Waals surface area contributed by atoms with Crippen LogP contribution in [0, 0.1) is 13.8 Å². The first-order valence-electron chi connectivity index (χ1n) is 9.15. The predicted molar refractivity (Wildman–Crippen MR) is 110 cm³/mol. The van der Waals surface area contributed by atoms with Crippen molar-refractivity contribution in [1.29, 1.82) is 0 Å². The van der Waals surface area contributed by atoms with Crippen LogP contribution in [0.3, 0.4) is 0 Å². The Morgan fingerprint density at radius 2 is 1.71 bits per heavy atom. The van der Waals surface area contributed by atoms with E-state index < -0.39 is 10.0 Å². The summed E-state index contributed by atoms with van der Waals surface area (Å²) in [6, 6.07) is 12.1. The lowest BCUT2D eigenvalue weighted by Gasteiger charge is -2.21. The van der Waals surface area contributed by atoms with E-state index in [1.165, 1.54) is 9.87 Å². The average molecular weight is 405 g/mol. The summed E-state index contributed by atoms with van der Waals surface area (Å²) in [7, 11) is -1.95. The Hall–Kier alpha value is -2.38. The van der Waals surface area contributed by atoms with Crippen LogP contribution in [0.15, 0.2) is 47.4 Å². The average Bonchev–Trinajstić information content (AvgIpc) is 2.66. The highest BCUT2D eigenvalue weighted by Gasteiger charge is 2.22. The number of hydrogen-bond acceptors (Lipinski definition) is 4. The van der Waals surface area contributed by atoms with Crippen molar-refractivity contribution in [3.63, 3.8) is 0 Å². The van der Waals surface area contributed by atoms with Gasteiger partial charge < -0.3 is 10.1 Å². The van der Waals surface area contributed by atoms with Gasteiger partial charge in [0.05, 0.1) is 4.90 Å². The van der Waals surface area contributed by atoms with Crippen LogP contribution in [-0.4, -0.2) is 38.3 Å². The number of hydrogen-bond donors (Lipinski definition) is 1. The normalized spacial score (nSPS) is 11.7. The van der Waals surface area contributed by atoms with Crippen molar-refractivity contribution in [2.75, 3.05) is 13.7 Å². The Labute approximate surface area is 167 Å². The molecule has 2 aromatic carbocycles. The summed E-state index contributed by atoms with van der Waals surface area (Å²) in [5, 5.41) is 2.77. The fourth-order valence-corrected chi connectivity index (χ4v) is 3.79. The number of benzene rings is 2. The van der Waals surface area contributed by atoms with E-state index in [-0.39, 0.29) is 23.5 Å². The summed E-state index contributed by atoms with van der Waals surface area (Å²) in [6.45, 7) is 7.88. The predicted octanol–water partition coefficient (Wildman–Crippen LogP) is 3.03. The Morgan fingerprint density at radius 3 is 2.29 bits per heavy atom. The molecule has 28 heavy (non-hydrogen) atoms. The van der Waals surface area contributed by atoms with Crippen molar-refractivity contribution in [2.24, 2.45) is 0 Å². The highest BCUT2D eigenvalue weighted by atomic mass is 32.2. The fraction of sp³-hybridized carbons (Fsp3) is 0.381. The molecule has 152 valence electrons. The number of rotatable bonds is 8. The summed E-state index contributed by atoms with van der Waals surface area (Å²) in [6.07, 6.45) is 0. The van der Waals surface area contributed by atoms with Crippen LogP contribution in [-0.2, 0) is 21.4 Å². The Bertz CT molecular complexity index is 922. The maximum atomic E-state index is 12.5. The molecule has 0 spiro atoms. The van der Waals surface area contributed by atoms with Gasteiger partial charge in [-0.2, -0.15) is 4.31 Å². The summed E-state index contributed by atoms with van der Waals surface area (Å²) >= 11 is 0. The third-order valence-corrected chi connectivity index (χ3v) is 6.71. The molecule has 0 atom stereocenters. The first-order valence-corrected chi connectivity index (χ1v) is 10.6. The molecule has 0 fully saturated rings. The lowest BCUT2D eigenvalue weighted by atomic mass is 10.1. The van der Waals surface area contributed by atoms with E-state index in [0.717, 1.165) is 11.1 Å². The molecular weight excluding hydrogens is 376 g/mol. The number of ether oxygens (including phenoxy) is 1. The van der Waals surface area contributed by atoms with E-state index in [1.54, 1.807) is 31.3 Å². The van der Waals surface area contributed by atoms with Crippen molar-refractivity contribution in [2.45, 2.75) is 45.2 Å². The number of sulfonamides is 1. The van der Waals surface area contributed by atoms with Crippen molar-refractivity contribution in [1.82, 2.24) is 9.62 Å². The van der Waals surface area contributed by atoms with Crippen LogP contribution in [0.4, 0.5) is 0 Å². The van der Waals surface area contributed by atoms with E-state index in [2.05, 4.69) is 5.32 Å². The van der Waals surface area contributed by atoms with Crippen LogP contribution >= 0.6 is 0 Å². The molecule has 6 nitrogen and oxygen atoms in total. The van der Waals surface area contributed by atoms with Gasteiger partial charge in [-0.25, -0.2) is 8.42 Å². The largest absolute Gasteiger partial charge is 0.484 e. The standard InChI is InChI=1S/C21H28N2O4S/c1-15(2)23(5)28(25,26)20-10-7-18(8-11-20)13-22-21(24)14-27-19-9-6-16(3)17(4)12-19/h6-12,15H,13-14H2,1-5H3,(H,22,24). The molecule has 0 bridgehead atoms. The lowest BCUT2D eigenvalue weighted by Crippen LogP contribution is -2.33. The van der Waals surface area contributed by atoms with Gasteiger partial charge in [-0.05, 0) is 68.7 Å². The van der Waals surface area contributed by atoms with Gasteiger partial charge in [0, 0.05) is 19.6 Å². The van der Waals surface area contributed by atoms with Gasteiger partial charge >= 0.3 is 0 Å². The minimum atomic E-state index is -3.51. The molecule has 1 amide bonds. The van der Waals surface area contributed by atoms with E-state index >= 15 is 0 Å². The van der Waals surface area contributed by atoms with Gasteiger partial charge in [-0.3, -0.25) is 4.79 Å². The topological polar surface area (TPSA) is 75.7 Å². The monoisotopic (exact) mass is 404 g/mol. The minimum Gasteiger partial charge on any atom is -0.484 e. The number of aryl methyl sites for hydroxylation is 2. The maximum Gasteiger partial charge on any atom is 0.258 e. The van der Waals surface area contributed by atoms with Gasteiger partial charge in [0.2, 0.25) is 10.0 Å². The smallest absolute Gasteiger partial charge is 0.258 e. The summed E-state index contributed by atoms with van der Waals surface area (Å²) in [5.41, 5.74) is 3.09. The second kappa shape index (κ2) is 9.21. The zero-order valence-electron chi connectivity index (χ0n) is 17.0. The Morgan fingerprint density at radius 1 is 1.07 bits per heavy atom. The number of carbonyl (C=O) groups excluding carboxylic acids is 1. The number of nitrogens with zero attached hydrogens (tertiary/aromatic N) is 1. The third kappa shape index (κ3) is 5.56. The molecule has 0 unspecified atom stereocenters. The van der Waals surface area contributed by atoms with Gasteiger partial charge in [-0.1, -0.05) is 18.2 Å². The summed E-state index contributed by atoms with van der Waals surface area (Å²) in [4.78, 5) is 12.2. The Balaban J connectivity index is 1.89. The molecule has 0 aliphatic carbocycles. The second-order valence-corrected chi connectivity index (χ2v) is 9.07. The molecule has 0 radical (unpaired) electrons. The molecule has 0 aromatic heterocycles. The van der Waals surface area contributed by atoms with E-state index in [0.29, 0.717) is 12.3 Å². The van der Waals surface area contributed by atoms with E-state index in [1.807, 2.05) is 45.9 Å². The molecule has 2 rings (SSSR count). The highest BCUT2D eigenvalue weighted by molar-refractivity contribution is 7.89. The molecular formula is C21H28N2O4S. The highest BCUT2D eigenvalue weighted by Crippen LogP contribution is 2.18. The van der Waals surface area contributed by atoms with Crippen molar-refractivity contribution in [3.8, 4) is 5.75 Å². The molecule has 2 aromatic rings. The van der Waals surface area contributed by atoms with Crippen molar-refractivity contribution >= 4 is 15.9 Å². The summed E-state index contributed by atoms with van der Waals surface area (Å²) < 4.78 is 31.7. The van der Waals surface area contributed by atoms with E-state index in [4.69, 9.17) is 4.74 Å². The van der Waals surface area contributed by atoms with Gasteiger partial charge in [0.25, 0.3) is 5.91 Å². The van der Waals surface area contributed by atoms with Crippen LogP contribution in [0.1, 0.15) is 30.5 Å². The van der Waals surface area contributed by atoms with Crippen LogP contribution in [0.25, 0.3) is 0 Å². The molecule has 0 heterocycles. The van der Waals surface area contributed by atoms with Gasteiger partial charge in [0.1, 0.15) is 5.75 Å². The minimum absolute atomic E-state index is 0.0753. The number of carbonyl (C=O) groups is 1. The fourth-order valence-electron chi connectivity index (χ4n) is 2.43. The van der Waals surface area contributed by atoms with Crippen LogP contribution in [0.5, 0.6) is 5.75 Å². The second-order valence-electron chi connectivity index (χ2n) is 7.07. The number of amides is 1. The van der Waals surface area contributed by atoms with Crippen LogP contribution < -0.4 is 10.1 Å². The van der Waals surface area contributed by atoms with Crippen molar-refractivity contribution < 1.29 is 17.9 Å². The zero-order chi connectivity index (χ0) is 20.9. The molecule has 0 saturated heterocycles. The van der Waals surface area contributed by atoms with Crippen molar-refractivity contribution in [3.05, 3.63) is 59.2 Å². The molecule has 0 aliphatic heterocycles. The molecule has 0 saturated carbocycles. The molecule has 7 heteroatoms. The quantitative estimate of drug-likeness (QED) is 0.734. The molecule has 1 N–H and O–H groups in total. The maximum absolute atomic E-state index is 12.5. The SMILES string of the molecule is Cc1ccc(OCC(=O)NCc2ccc(S(=O)(=O)N(C)C(C)C)cc2)cc1C. The first-order chi connectivity index (χ1) is 13.1. The van der Waals surface area contributed by atoms with Gasteiger partial charge in [0.15, 0.2) is 6.61 Å². The summed E-state index contributed by atoms with van der Waals surface area (Å²) in [5.74, 6) is 0.413. The van der Waals surface area contributed by atoms with Crippen LogP contribution in [0.2, 0.25) is 0 Å². The molecule has 0 aliphatic rings. The van der Waals surface area contributed by atoms with Gasteiger partial charge in [-0.15, -0.1) is 0 Å². The third-order valence-electron chi connectivity index (χ3n) is 4.67. The lowest BCUT2D eigenvalue weighted by molar-refractivity contribution is -0.123. The zero-order valence-corrected chi connectivity index (χ0v) is 17.8. The Kier molecular flexibility index (Phi) is 7.21.